The van der Waals surface area contributed by atoms with Crippen molar-refractivity contribution < 1.29 is 14.7 Å². The predicted octanol–water partition coefficient (Wildman–Crippen LogP) is 2.46. The van der Waals surface area contributed by atoms with E-state index >= 15 is 0 Å². The minimum absolute atomic E-state index is 0.0399. The lowest BCUT2D eigenvalue weighted by molar-refractivity contribution is -0.149. The van der Waals surface area contributed by atoms with E-state index in [1.807, 2.05) is 0 Å². The number of likely N-dealkylation sites (tertiary alicyclic amines) is 1. The van der Waals surface area contributed by atoms with Gasteiger partial charge in [0, 0.05) is 19.6 Å². The monoisotopic (exact) mass is 306 g/mol. The van der Waals surface area contributed by atoms with E-state index in [0.29, 0.717) is 18.5 Å². The predicted molar refractivity (Wildman–Crippen MR) is 81.4 cm³/mol. The number of carboxylic acids is 1. The molecular formula is C17H26N2O3. The Labute approximate surface area is 131 Å². The van der Waals surface area contributed by atoms with Crippen molar-refractivity contribution in [3.8, 4) is 0 Å². The van der Waals surface area contributed by atoms with Gasteiger partial charge in [0.25, 0.3) is 0 Å². The third-order valence-corrected chi connectivity index (χ3v) is 6.97. The normalized spacial score (nSPS) is 35.8. The zero-order valence-corrected chi connectivity index (χ0v) is 13.1. The maximum atomic E-state index is 12.5. The zero-order valence-electron chi connectivity index (χ0n) is 13.1. The Morgan fingerprint density at radius 3 is 2.41 bits per heavy atom. The van der Waals surface area contributed by atoms with Gasteiger partial charge in [-0.25, -0.2) is 4.79 Å². The van der Waals surface area contributed by atoms with Crippen LogP contribution in [0.4, 0.5) is 4.79 Å². The summed E-state index contributed by atoms with van der Waals surface area (Å²) in [6.07, 6.45) is 9.09. The molecule has 0 unspecified atom stereocenters. The van der Waals surface area contributed by atoms with Gasteiger partial charge in [0.1, 0.15) is 0 Å². The van der Waals surface area contributed by atoms with Gasteiger partial charge in [0.05, 0.1) is 5.41 Å². The van der Waals surface area contributed by atoms with Crippen LogP contribution in [0, 0.1) is 22.7 Å². The number of aliphatic carboxylic acids is 1. The number of carboxylic acid groups (broad SMARTS) is 1. The molecule has 0 aromatic heterocycles. The Morgan fingerprint density at radius 1 is 1.09 bits per heavy atom. The second kappa shape index (κ2) is 4.87. The van der Waals surface area contributed by atoms with E-state index < -0.39 is 11.4 Å². The summed E-state index contributed by atoms with van der Waals surface area (Å²) in [6, 6.07) is -0.0399. The van der Waals surface area contributed by atoms with Crippen LogP contribution < -0.4 is 5.32 Å². The topological polar surface area (TPSA) is 69.6 Å². The third kappa shape index (κ3) is 2.04. The molecule has 0 bridgehead atoms. The summed E-state index contributed by atoms with van der Waals surface area (Å²) in [6.45, 7) is 1.81. The summed E-state index contributed by atoms with van der Waals surface area (Å²) < 4.78 is 0. The number of nitrogens with one attached hydrogen (secondary N) is 1. The molecule has 3 saturated carbocycles. The van der Waals surface area contributed by atoms with Crippen molar-refractivity contribution in [1.82, 2.24) is 10.2 Å². The molecule has 3 aliphatic carbocycles. The van der Waals surface area contributed by atoms with Gasteiger partial charge in [-0.15, -0.1) is 0 Å². The molecule has 0 spiro atoms. The number of rotatable bonds is 4. The summed E-state index contributed by atoms with van der Waals surface area (Å²) in [4.78, 5) is 25.9. The van der Waals surface area contributed by atoms with Crippen LogP contribution in [0.15, 0.2) is 0 Å². The number of hydrogen-bond acceptors (Lipinski definition) is 2. The second-order valence-electron chi connectivity index (χ2n) is 8.08. The highest BCUT2D eigenvalue weighted by molar-refractivity contribution is 5.80. The summed E-state index contributed by atoms with van der Waals surface area (Å²) in [5.41, 5.74) is -0.294. The Kier molecular flexibility index (Phi) is 3.17. The Balaban J connectivity index is 1.37. The summed E-state index contributed by atoms with van der Waals surface area (Å²) in [5, 5.41) is 12.7. The molecule has 1 heterocycles. The Morgan fingerprint density at radius 2 is 1.86 bits per heavy atom. The molecule has 4 fully saturated rings. The maximum absolute atomic E-state index is 12.5. The number of carbonyl (C=O) groups excluding carboxylic acids is 1. The summed E-state index contributed by atoms with van der Waals surface area (Å²) in [5.74, 6) is 0.264. The lowest BCUT2D eigenvalue weighted by Gasteiger charge is -2.43. The Hall–Kier alpha value is -1.26. The average molecular weight is 306 g/mol. The highest BCUT2D eigenvalue weighted by Gasteiger charge is 2.56. The lowest BCUT2D eigenvalue weighted by Crippen LogP contribution is -2.48. The first kappa shape index (κ1) is 14.3. The SMILES string of the molecule is O=C(NCC1(C2CC2)CCC1)N1C[C@@H]2CCC[C@@]2(C(=O)O)C1. The smallest absolute Gasteiger partial charge is 0.317 e. The molecule has 1 saturated heterocycles. The highest BCUT2D eigenvalue weighted by Crippen LogP contribution is 2.56. The van der Waals surface area contributed by atoms with E-state index in [-0.39, 0.29) is 11.9 Å². The number of urea groups is 1. The lowest BCUT2D eigenvalue weighted by atomic mass is 9.65. The van der Waals surface area contributed by atoms with E-state index in [9.17, 15) is 14.7 Å². The minimum atomic E-state index is -0.709. The molecule has 5 heteroatoms. The summed E-state index contributed by atoms with van der Waals surface area (Å²) >= 11 is 0. The molecule has 4 rings (SSSR count). The quantitative estimate of drug-likeness (QED) is 0.838. The van der Waals surface area contributed by atoms with Crippen molar-refractivity contribution in [3.63, 3.8) is 0 Å². The van der Waals surface area contributed by atoms with Crippen LogP contribution in [-0.4, -0.2) is 41.6 Å². The minimum Gasteiger partial charge on any atom is -0.481 e. The van der Waals surface area contributed by atoms with Crippen molar-refractivity contribution in [2.75, 3.05) is 19.6 Å². The second-order valence-corrected chi connectivity index (χ2v) is 8.08. The molecule has 22 heavy (non-hydrogen) atoms. The molecule has 4 aliphatic rings. The molecule has 2 N–H and O–H groups in total. The van der Waals surface area contributed by atoms with E-state index in [0.717, 1.165) is 31.7 Å². The number of carbonyl (C=O) groups is 2. The van der Waals surface area contributed by atoms with Crippen molar-refractivity contribution in [2.45, 2.75) is 51.4 Å². The Bertz CT molecular complexity index is 498. The van der Waals surface area contributed by atoms with Gasteiger partial charge in [0.15, 0.2) is 0 Å². The van der Waals surface area contributed by atoms with Crippen molar-refractivity contribution in [2.24, 2.45) is 22.7 Å². The van der Waals surface area contributed by atoms with Crippen molar-refractivity contribution >= 4 is 12.0 Å². The van der Waals surface area contributed by atoms with Gasteiger partial charge in [-0.05, 0) is 55.8 Å². The van der Waals surface area contributed by atoms with Crippen LogP contribution in [0.2, 0.25) is 0 Å². The van der Waals surface area contributed by atoms with Gasteiger partial charge in [-0.1, -0.05) is 12.8 Å². The third-order valence-electron chi connectivity index (χ3n) is 6.97. The molecule has 0 aromatic carbocycles. The number of hydrogen-bond donors (Lipinski definition) is 2. The van der Waals surface area contributed by atoms with Gasteiger partial charge >= 0.3 is 12.0 Å². The molecule has 5 nitrogen and oxygen atoms in total. The number of nitrogens with zero attached hydrogens (tertiary/aromatic N) is 1. The van der Waals surface area contributed by atoms with E-state index in [1.165, 1.54) is 32.1 Å². The summed E-state index contributed by atoms with van der Waals surface area (Å²) in [7, 11) is 0. The van der Waals surface area contributed by atoms with E-state index in [2.05, 4.69) is 5.32 Å². The van der Waals surface area contributed by atoms with E-state index in [1.54, 1.807) is 4.90 Å². The molecule has 2 atom stereocenters. The fourth-order valence-corrected chi connectivity index (χ4v) is 5.21. The number of fused-ring (bicyclic) bond motifs is 1. The van der Waals surface area contributed by atoms with Gasteiger partial charge in [-0.3, -0.25) is 4.79 Å². The van der Waals surface area contributed by atoms with Crippen LogP contribution >= 0.6 is 0 Å². The van der Waals surface area contributed by atoms with Crippen LogP contribution in [0.3, 0.4) is 0 Å². The van der Waals surface area contributed by atoms with Crippen LogP contribution in [0.1, 0.15) is 51.4 Å². The standard InChI is InChI=1S/C17H26N2O3/c20-14(21)17-8-1-3-13(17)9-19(11-17)15(22)18-10-16(6-2-7-16)12-4-5-12/h12-13H,1-11H2,(H,18,22)(H,20,21)/t13-,17+/m0/s1. The van der Waals surface area contributed by atoms with Crippen molar-refractivity contribution in [3.05, 3.63) is 0 Å². The molecule has 122 valence electrons. The maximum Gasteiger partial charge on any atom is 0.317 e. The van der Waals surface area contributed by atoms with Crippen LogP contribution in [0.25, 0.3) is 0 Å². The average Bonchev–Trinajstić information content (AvgIpc) is 3.08. The largest absolute Gasteiger partial charge is 0.481 e. The van der Waals surface area contributed by atoms with Gasteiger partial charge < -0.3 is 15.3 Å². The first-order valence-corrected chi connectivity index (χ1v) is 8.82. The fourth-order valence-electron chi connectivity index (χ4n) is 5.21. The fraction of sp³-hybridized carbons (Fsp3) is 0.882. The first-order valence-electron chi connectivity index (χ1n) is 8.82. The molecular weight excluding hydrogens is 280 g/mol. The number of amides is 2. The molecule has 1 aliphatic heterocycles. The highest BCUT2D eigenvalue weighted by atomic mass is 16.4. The zero-order chi connectivity index (χ0) is 15.4. The molecule has 0 aromatic rings. The molecule has 2 amide bonds. The first-order chi connectivity index (χ1) is 10.6. The molecule has 0 radical (unpaired) electrons. The van der Waals surface area contributed by atoms with Gasteiger partial charge in [-0.2, -0.15) is 0 Å². The van der Waals surface area contributed by atoms with Gasteiger partial charge in [0.2, 0.25) is 0 Å². The van der Waals surface area contributed by atoms with Crippen molar-refractivity contribution in [1.29, 1.82) is 0 Å². The van der Waals surface area contributed by atoms with Crippen LogP contribution in [-0.2, 0) is 4.79 Å². The van der Waals surface area contributed by atoms with E-state index in [4.69, 9.17) is 0 Å². The van der Waals surface area contributed by atoms with Crippen LogP contribution in [0.5, 0.6) is 0 Å².